The normalized spacial score (nSPS) is 23.9. The molecule has 3 N–H and O–H groups in total. The van der Waals surface area contributed by atoms with Crippen LogP contribution >= 0.6 is 34.4 Å². The molecule has 0 radical (unpaired) electrons. The van der Waals surface area contributed by atoms with Crippen LogP contribution in [0.3, 0.4) is 0 Å². The van der Waals surface area contributed by atoms with Crippen LogP contribution in [0.4, 0.5) is 5.69 Å². The SMILES string of the molecule is CSC1=C(C#N)[C@H](c2ccccc2I)[C@H](C(=O)Nc2ccccc2C)[C@@](C)(O)N1. The average molecular weight is 519 g/mol. The molecule has 7 heteroatoms. The first-order valence-electron chi connectivity index (χ1n) is 9.10. The second kappa shape index (κ2) is 8.78. The van der Waals surface area contributed by atoms with Crippen LogP contribution in [0, 0.1) is 27.7 Å². The molecular weight excluding hydrogens is 497 g/mol. The molecule has 5 nitrogen and oxygen atoms in total. The van der Waals surface area contributed by atoms with Crippen molar-refractivity contribution in [1.82, 2.24) is 5.32 Å². The maximum atomic E-state index is 13.4. The number of aliphatic hydroxyl groups is 1. The van der Waals surface area contributed by atoms with E-state index >= 15 is 0 Å². The van der Waals surface area contributed by atoms with Gasteiger partial charge in [-0.1, -0.05) is 36.4 Å². The lowest BCUT2D eigenvalue weighted by Gasteiger charge is -2.43. The van der Waals surface area contributed by atoms with Gasteiger partial charge in [-0.05, 0) is 66.0 Å². The van der Waals surface area contributed by atoms with Crippen LogP contribution in [0.15, 0.2) is 59.1 Å². The molecule has 0 spiro atoms. The lowest BCUT2D eigenvalue weighted by atomic mass is 9.73. The molecule has 0 saturated heterocycles. The molecule has 0 aliphatic carbocycles. The Morgan fingerprint density at radius 2 is 1.93 bits per heavy atom. The molecule has 1 heterocycles. The Balaban J connectivity index is 2.14. The number of nitrogens with zero attached hydrogens (tertiary/aromatic N) is 1. The summed E-state index contributed by atoms with van der Waals surface area (Å²) in [5.41, 5.74) is 1.39. The fourth-order valence-electron chi connectivity index (χ4n) is 3.68. The Hall–Kier alpha value is -2.02. The van der Waals surface area contributed by atoms with Gasteiger partial charge in [-0.25, -0.2) is 0 Å². The molecule has 150 valence electrons. The number of carbonyl (C=O) groups excluding carboxylic acids is 1. The summed E-state index contributed by atoms with van der Waals surface area (Å²) in [6.45, 7) is 3.50. The minimum Gasteiger partial charge on any atom is -0.370 e. The highest BCUT2D eigenvalue weighted by Crippen LogP contribution is 2.45. The zero-order chi connectivity index (χ0) is 21.2. The van der Waals surface area contributed by atoms with Crippen molar-refractivity contribution in [2.24, 2.45) is 5.92 Å². The van der Waals surface area contributed by atoms with Crippen LogP contribution in [0.2, 0.25) is 0 Å². The van der Waals surface area contributed by atoms with Crippen LogP contribution in [0.5, 0.6) is 0 Å². The van der Waals surface area contributed by atoms with Crippen LogP contribution in [-0.2, 0) is 4.79 Å². The molecule has 3 rings (SSSR count). The fraction of sp³-hybridized carbons (Fsp3) is 0.273. The molecule has 29 heavy (non-hydrogen) atoms. The number of rotatable bonds is 4. The molecule has 0 saturated carbocycles. The molecule has 0 fully saturated rings. The molecule has 1 aliphatic heterocycles. The highest BCUT2D eigenvalue weighted by molar-refractivity contribution is 14.1. The van der Waals surface area contributed by atoms with Crippen molar-refractivity contribution < 1.29 is 9.90 Å². The third-order valence-electron chi connectivity index (χ3n) is 5.11. The van der Waals surface area contributed by atoms with Crippen molar-refractivity contribution in [2.75, 3.05) is 11.6 Å². The number of nitriles is 1. The van der Waals surface area contributed by atoms with Gasteiger partial charge in [0.25, 0.3) is 0 Å². The van der Waals surface area contributed by atoms with Crippen molar-refractivity contribution in [3.05, 3.63) is 73.8 Å². The summed E-state index contributed by atoms with van der Waals surface area (Å²) in [5.74, 6) is -1.81. The van der Waals surface area contributed by atoms with E-state index < -0.39 is 17.6 Å². The minimum atomic E-state index is -1.53. The maximum Gasteiger partial charge on any atom is 0.233 e. The van der Waals surface area contributed by atoms with E-state index in [2.05, 4.69) is 39.3 Å². The number of carbonyl (C=O) groups is 1. The topological polar surface area (TPSA) is 85.2 Å². The van der Waals surface area contributed by atoms with Crippen molar-refractivity contribution in [2.45, 2.75) is 25.5 Å². The Morgan fingerprint density at radius 3 is 2.55 bits per heavy atom. The van der Waals surface area contributed by atoms with Gasteiger partial charge >= 0.3 is 0 Å². The van der Waals surface area contributed by atoms with Gasteiger partial charge in [0.05, 0.1) is 22.6 Å². The summed E-state index contributed by atoms with van der Waals surface area (Å²) in [4.78, 5) is 13.4. The number of halogens is 1. The quantitative estimate of drug-likeness (QED) is 0.524. The van der Waals surface area contributed by atoms with Gasteiger partial charge < -0.3 is 15.7 Å². The number of nitrogens with one attached hydrogen (secondary N) is 2. The number of aryl methyl sites for hydroxylation is 1. The smallest absolute Gasteiger partial charge is 0.233 e. The predicted molar refractivity (Wildman–Crippen MR) is 125 cm³/mol. The summed E-state index contributed by atoms with van der Waals surface area (Å²) < 4.78 is 0.940. The average Bonchev–Trinajstić information content (AvgIpc) is 2.68. The molecular formula is C22H22IN3O2S. The Bertz CT molecular complexity index is 1010. The van der Waals surface area contributed by atoms with E-state index in [0.29, 0.717) is 16.3 Å². The highest BCUT2D eigenvalue weighted by atomic mass is 127. The Kier molecular flexibility index (Phi) is 6.56. The lowest BCUT2D eigenvalue weighted by Crippen LogP contribution is -2.57. The lowest BCUT2D eigenvalue weighted by molar-refractivity contribution is -0.131. The molecule has 1 amide bonds. The molecule has 2 aromatic rings. The number of hydrogen-bond acceptors (Lipinski definition) is 5. The van der Waals surface area contributed by atoms with Gasteiger partial charge in [-0.2, -0.15) is 5.26 Å². The van der Waals surface area contributed by atoms with E-state index in [1.54, 1.807) is 6.92 Å². The second-order valence-corrected chi connectivity index (χ2v) is 9.09. The summed E-state index contributed by atoms with van der Waals surface area (Å²) in [6, 6.07) is 17.4. The molecule has 1 aliphatic rings. The number of anilines is 1. The van der Waals surface area contributed by atoms with E-state index in [1.807, 2.05) is 61.7 Å². The predicted octanol–water partition coefficient (Wildman–Crippen LogP) is 4.35. The van der Waals surface area contributed by atoms with E-state index in [1.165, 1.54) is 11.8 Å². The first-order valence-corrected chi connectivity index (χ1v) is 11.4. The molecule has 0 bridgehead atoms. The van der Waals surface area contributed by atoms with Gasteiger partial charge in [-0.15, -0.1) is 11.8 Å². The maximum absolute atomic E-state index is 13.4. The molecule has 0 unspecified atom stereocenters. The number of thioether (sulfide) groups is 1. The van der Waals surface area contributed by atoms with Crippen LogP contribution in [-0.4, -0.2) is 23.0 Å². The third kappa shape index (κ3) is 4.29. The summed E-state index contributed by atoms with van der Waals surface area (Å²) >= 11 is 3.57. The van der Waals surface area contributed by atoms with Crippen molar-refractivity contribution >= 4 is 45.9 Å². The Labute approximate surface area is 188 Å². The first-order chi connectivity index (χ1) is 13.8. The summed E-state index contributed by atoms with van der Waals surface area (Å²) in [5, 5.41) is 27.7. The van der Waals surface area contributed by atoms with Crippen molar-refractivity contribution in [3.8, 4) is 6.07 Å². The van der Waals surface area contributed by atoms with Gasteiger partial charge in [0.15, 0.2) is 0 Å². The molecule has 2 aromatic carbocycles. The fourth-order valence-corrected chi connectivity index (χ4v) is 5.11. The summed E-state index contributed by atoms with van der Waals surface area (Å²) in [7, 11) is 0. The summed E-state index contributed by atoms with van der Waals surface area (Å²) in [6.07, 6.45) is 1.84. The van der Waals surface area contributed by atoms with E-state index in [-0.39, 0.29) is 5.91 Å². The first kappa shape index (κ1) is 21.7. The largest absolute Gasteiger partial charge is 0.370 e. The Morgan fingerprint density at radius 1 is 1.28 bits per heavy atom. The zero-order valence-electron chi connectivity index (χ0n) is 16.4. The van der Waals surface area contributed by atoms with Gasteiger partial charge in [0, 0.05) is 15.2 Å². The van der Waals surface area contributed by atoms with Crippen LogP contribution in [0.25, 0.3) is 0 Å². The number of amides is 1. The van der Waals surface area contributed by atoms with Gasteiger partial charge in [0.1, 0.15) is 5.72 Å². The number of para-hydroxylation sites is 1. The second-order valence-electron chi connectivity index (χ2n) is 7.11. The number of benzene rings is 2. The van der Waals surface area contributed by atoms with Crippen LogP contribution < -0.4 is 10.6 Å². The highest BCUT2D eigenvalue weighted by Gasteiger charge is 2.50. The van der Waals surface area contributed by atoms with Crippen molar-refractivity contribution in [1.29, 1.82) is 5.26 Å². The van der Waals surface area contributed by atoms with E-state index in [4.69, 9.17) is 0 Å². The monoisotopic (exact) mass is 519 g/mol. The minimum absolute atomic E-state index is 0.339. The van der Waals surface area contributed by atoms with E-state index in [0.717, 1.165) is 14.7 Å². The molecule has 3 atom stereocenters. The number of hydrogen-bond donors (Lipinski definition) is 3. The van der Waals surface area contributed by atoms with Crippen LogP contribution in [0.1, 0.15) is 24.0 Å². The number of allylic oxidation sites excluding steroid dienone is 1. The van der Waals surface area contributed by atoms with Gasteiger partial charge in [0.2, 0.25) is 5.91 Å². The zero-order valence-corrected chi connectivity index (χ0v) is 19.3. The standard InChI is InChI=1S/C22H22IN3O2S/c1-13-8-4-7-11-17(13)25-20(27)19-18(14-9-5-6-10-16(14)23)15(12-24)21(29-3)26-22(19,2)28/h4-11,18-19,26,28H,1-3H3,(H,25,27)/t18-,19+,22+/m0/s1. The third-order valence-corrected chi connectivity index (χ3v) is 6.82. The molecule has 0 aromatic heterocycles. The van der Waals surface area contributed by atoms with E-state index in [9.17, 15) is 15.2 Å². The van der Waals surface area contributed by atoms with Crippen molar-refractivity contribution in [3.63, 3.8) is 0 Å². The van der Waals surface area contributed by atoms with Gasteiger partial charge in [-0.3, -0.25) is 4.79 Å².